The van der Waals surface area contributed by atoms with Crippen LogP contribution in [0, 0.1) is 22.7 Å². The Bertz CT molecular complexity index is 1370. The summed E-state index contributed by atoms with van der Waals surface area (Å²) in [6, 6.07) is 14.9. The minimum atomic E-state index is -0.634. The number of nitrogens with two attached hydrogens (primary N) is 1. The summed E-state index contributed by atoms with van der Waals surface area (Å²) in [7, 11) is 1.64. The molecule has 244 valence electrons. The van der Waals surface area contributed by atoms with Crippen molar-refractivity contribution in [3.05, 3.63) is 65.2 Å². The van der Waals surface area contributed by atoms with Crippen LogP contribution in [0.2, 0.25) is 0 Å². The van der Waals surface area contributed by atoms with E-state index in [4.69, 9.17) is 25.6 Å². The summed E-state index contributed by atoms with van der Waals surface area (Å²) in [4.78, 5) is 34.8. The first-order valence-corrected chi connectivity index (χ1v) is 16.2. The molecular weight excluding hydrogens is 566 g/mol. The van der Waals surface area contributed by atoms with E-state index in [-0.39, 0.29) is 35.7 Å². The van der Waals surface area contributed by atoms with Crippen LogP contribution < -0.4 is 15.8 Å². The van der Waals surface area contributed by atoms with Gasteiger partial charge in [-0.05, 0) is 85.6 Å². The number of amidine groups is 1. The molecule has 45 heavy (non-hydrogen) atoms. The smallest absolute Gasteiger partial charge is 0.275 e. The lowest BCUT2D eigenvalue weighted by Crippen LogP contribution is -2.51. The third-order valence-electron chi connectivity index (χ3n) is 9.10. The summed E-state index contributed by atoms with van der Waals surface area (Å²) in [5, 5.41) is 10.1. The number of aliphatic imine (C=N–C) groups is 1. The first kappa shape index (κ1) is 34.2. The molecule has 1 fully saturated rings. The average molecular weight is 618 g/mol. The highest BCUT2D eigenvalue weighted by Crippen LogP contribution is 2.48. The van der Waals surface area contributed by atoms with Gasteiger partial charge in [-0.15, -0.1) is 0 Å². The van der Waals surface area contributed by atoms with Gasteiger partial charge in [-0.25, -0.2) is 0 Å². The maximum absolute atomic E-state index is 14.7. The predicted molar refractivity (Wildman–Crippen MR) is 179 cm³/mol. The molecule has 1 heterocycles. The van der Waals surface area contributed by atoms with E-state index >= 15 is 0 Å². The number of ether oxygens (including phenoxy) is 2. The highest BCUT2D eigenvalue weighted by Gasteiger charge is 2.52. The van der Waals surface area contributed by atoms with Crippen molar-refractivity contribution < 1.29 is 19.1 Å². The van der Waals surface area contributed by atoms with Gasteiger partial charge < -0.3 is 25.4 Å². The third-order valence-corrected chi connectivity index (χ3v) is 9.10. The largest absolute Gasteiger partial charge is 0.491 e. The van der Waals surface area contributed by atoms with Crippen LogP contribution in [-0.4, -0.2) is 60.8 Å². The first-order chi connectivity index (χ1) is 21.3. The Morgan fingerprint density at radius 3 is 2.42 bits per heavy atom. The summed E-state index contributed by atoms with van der Waals surface area (Å²) < 4.78 is 11.0. The molecular formula is C36H51N5O4. The molecule has 4 rings (SSSR count). The molecule has 0 aromatic heterocycles. The number of amides is 2. The van der Waals surface area contributed by atoms with Crippen LogP contribution in [-0.2, 0) is 9.53 Å². The van der Waals surface area contributed by atoms with Crippen molar-refractivity contribution in [3.63, 3.8) is 0 Å². The molecule has 0 saturated heterocycles. The topological polar surface area (TPSA) is 130 Å². The van der Waals surface area contributed by atoms with E-state index in [0.29, 0.717) is 42.1 Å². The summed E-state index contributed by atoms with van der Waals surface area (Å²) >= 11 is 0. The quantitative estimate of drug-likeness (QED) is 0.142. The molecule has 2 amide bonds. The molecule has 2 aromatic rings. The van der Waals surface area contributed by atoms with Gasteiger partial charge in [0.15, 0.2) is 0 Å². The second-order valence-corrected chi connectivity index (χ2v) is 14.0. The van der Waals surface area contributed by atoms with E-state index < -0.39 is 5.66 Å². The van der Waals surface area contributed by atoms with Crippen molar-refractivity contribution >= 4 is 23.4 Å². The number of nitrogens with zero attached hydrogens (tertiary/aromatic N) is 2. The SMILES string of the molecule is COCCOc1cccc(C2=NC3(CCC(C(C)C)CC3)N(C(CCC(C)(C)C)c3ccc(C(=O)NCC(=N)N)cc3)C2=O)c1. The van der Waals surface area contributed by atoms with E-state index in [0.717, 1.165) is 49.7 Å². The summed E-state index contributed by atoms with van der Waals surface area (Å²) in [5.74, 6) is 1.41. The zero-order chi connectivity index (χ0) is 32.8. The van der Waals surface area contributed by atoms with E-state index in [9.17, 15) is 9.59 Å². The fourth-order valence-corrected chi connectivity index (χ4v) is 6.48. The maximum Gasteiger partial charge on any atom is 0.275 e. The number of nitrogens with one attached hydrogen (secondary N) is 2. The molecule has 4 N–H and O–H groups in total. The summed E-state index contributed by atoms with van der Waals surface area (Å²) in [6.07, 6.45) is 5.33. The second-order valence-electron chi connectivity index (χ2n) is 14.0. The van der Waals surface area contributed by atoms with E-state index in [1.165, 1.54) is 0 Å². The second kappa shape index (κ2) is 14.6. The normalized spacial score (nSPS) is 20.8. The minimum absolute atomic E-state index is 0.00427. The molecule has 2 aromatic carbocycles. The van der Waals surface area contributed by atoms with E-state index in [1.54, 1.807) is 19.2 Å². The monoisotopic (exact) mass is 617 g/mol. The van der Waals surface area contributed by atoms with Crippen LogP contribution in [0.1, 0.15) is 101 Å². The number of carbonyl (C=O) groups is 2. The van der Waals surface area contributed by atoms with E-state index in [2.05, 4.69) is 44.8 Å². The Balaban J connectivity index is 1.73. The Labute approximate surface area is 268 Å². The zero-order valence-electron chi connectivity index (χ0n) is 27.8. The maximum atomic E-state index is 14.7. The predicted octanol–water partition coefficient (Wildman–Crippen LogP) is 6.12. The molecule has 1 aliphatic heterocycles. The van der Waals surface area contributed by atoms with Crippen molar-refractivity contribution in [2.24, 2.45) is 28.0 Å². The summed E-state index contributed by atoms with van der Waals surface area (Å²) in [5.41, 5.74) is 7.56. The van der Waals surface area contributed by atoms with Crippen molar-refractivity contribution in [3.8, 4) is 5.75 Å². The van der Waals surface area contributed by atoms with Crippen LogP contribution in [0.5, 0.6) is 5.75 Å². The van der Waals surface area contributed by atoms with Crippen molar-refractivity contribution in [1.29, 1.82) is 5.41 Å². The Morgan fingerprint density at radius 1 is 1.13 bits per heavy atom. The van der Waals surface area contributed by atoms with Crippen LogP contribution in [0.4, 0.5) is 0 Å². The van der Waals surface area contributed by atoms with Crippen molar-refractivity contribution in [2.45, 2.75) is 84.8 Å². The van der Waals surface area contributed by atoms with Gasteiger partial charge in [0.1, 0.15) is 29.6 Å². The van der Waals surface area contributed by atoms with Gasteiger partial charge >= 0.3 is 0 Å². The van der Waals surface area contributed by atoms with Crippen molar-refractivity contribution in [1.82, 2.24) is 10.2 Å². The molecule has 1 spiro atoms. The van der Waals surface area contributed by atoms with Gasteiger partial charge in [0.2, 0.25) is 0 Å². The van der Waals surface area contributed by atoms with Gasteiger partial charge in [-0.3, -0.25) is 20.0 Å². The number of rotatable bonds is 13. The molecule has 9 nitrogen and oxygen atoms in total. The van der Waals surface area contributed by atoms with Crippen LogP contribution in [0.15, 0.2) is 53.5 Å². The number of hydrogen-bond acceptors (Lipinski definition) is 6. The number of benzene rings is 2. The van der Waals surface area contributed by atoms with Gasteiger partial charge in [0, 0.05) is 18.2 Å². The number of hydrogen-bond donors (Lipinski definition) is 3. The molecule has 0 radical (unpaired) electrons. The fraction of sp³-hybridized carbons (Fsp3) is 0.556. The first-order valence-electron chi connectivity index (χ1n) is 16.2. The molecule has 1 atom stereocenters. The average Bonchev–Trinajstić information content (AvgIpc) is 3.27. The number of methoxy groups -OCH3 is 1. The summed E-state index contributed by atoms with van der Waals surface area (Å²) in [6.45, 7) is 12.1. The van der Waals surface area contributed by atoms with Gasteiger partial charge in [-0.2, -0.15) is 0 Å². The van der Waals surface area contributed by atoms with Crippen LogP contribution in [0.25, 0.3) is 0 Å². The molecule has 0 bridgehead atoms. The lowest BCUT2D eigenvalue weighted by molar-refractivity contribution is -0.133. The third kappa shape index (κ3) is 8.51. The molecule has 1 aliphatic carbocycles. The Hall–Kier alpha value is -3.72. The fourth-order valence-electron chi connectivity index (χ4n) is 6.48. The van der Waals surface area contributed by atoms with Gasteiger partial charge in [0.05, 0.1) is 19.2 Å². The molecule has 2 aliphatic rings. The lowest BCUT2D eigenvalue weighted by atomic mass is 9.75. The standard InChI is InChI=1S/C36H51N5O4/c1-24(2)25-14-18-36(19-15-25)40-32(28-8-7-9-29(22-28)45-21-20-44-6)34(43)41(36)30(16-17-35(3,4)5)26-10-12-27(13-11-26)33(42)39-23-31(37)38/h7-13,22,24-25,30H,14-21,23H2,1-6H3,(H3,37,38)(H,39,42). The molecule has 1 saturated carbocycles. The zero-order valence-corrected chi connectivity index (χ0v) is 27.8. The lowest BCUT2D eigenvalue weighted by Gasteiger charge is -2.46. The van der Waals surface area contributed by atoms with Crippen LogP contribution >= 0.6 is 0 Å². The highest BCUT2D eigenvalue weighted by molar-refractivity contribution is 6.46. The Morgan fingerprint density at radius 2 is 1.82 bits per heavy atom. The number of carbonyl (C=O) groups excluding carboxylic acids is 2. The van der Waals surface area contributed by atoms with Crippen molar-refractivity contribution in [2.75, 3.05) is 26.9 Å². The molecule has 1 unspecified atom stereocenters. The van der Waals surface area contributed by atoms with Gasteiger partial charge in [-0.1, -0.05) is 58.9 Å². The highest BCUT2D eigenvalue weighted by atomic mass is 16.5. The van der Waals surface area contributed by atoms with E-state index in [1.807, 2.05) is 36.4 Å². The Kier molecular flexibility index (Phi) is 11.1. The molecule has 9 heteroatoms. The van der Waals surface area contributed by atoms with Gasteiger partial charge in [0.25, 0.3) is 11.8 Å². The minimum Gasteiger partial charge on any atom is -0.491 e. The van der Waals surface area contributed by atoms with Crippen LogP contribution in [0.3, 0.4) is 0 Å².